The molecule has 0 aliphatic rings. The van der Waals surface area contributed by atoms with Gasteiger partial charge in [0.2, 0.25) is 0 Å². The Hall–Kier alpha value is -1.79. The summed E-state index contributed by atoms with van der Waals surface area (Å²) in [6.45, 7) is 0. The Morgan fingerprint density at radius 1 is 1.43 bits per heavy atom. The molecule has 3 nitrogen and oxygen atoms in total. The second-order valence-corrected chi connectivity index (χ2v) is 3.09. The molecule has 0 amide bonds. The molecule has 0 fully saturated rings. The maximum absolute atomic E-state index is 8.78. The van der Waals surface area contributed by atoms with Crippen LogP contribution in [0.4, 0.5) is 0 Å². The topological polar surface area (TPSA) is 52.5 Å². The first kappa shape index (κ1) is 8.79. The molecule has 0 bridgehead atoms. The summed E-state index contributed by atoms with van der Waals surface area (Å²) in [4.78, 5) is 7.01. The fourth-order valence-corrected chi connectivity index (χ4v) is 1.47. The third-order valence-electron chi connectivity index (χ3n) is 1.87. The number of hydrogen-bond donors (Lipinski definition) is 1. The van der Waals surface area contributed by atoms with E-state index in [1.165, 1.54) is 0 Å². The number of nitrogens with one attached hydrogen (secondary N) is 1. The van der Waals surface area contributed by atoms with Gasteiger partial charge < -0.3 is 4.98 Å². The number of halogens is 1. The first-order chi connectivity index (χ1) is 6.83. The minimum atomic E-state index is 0.435. The predicted octanol–water partition coefficient (Wildman–Crippen LogP) is 2.60. The van der Waals surface area contributed by atoms with Crippen LogP contribution in [0, 0.1) is 11.3 Å². The van der Waals surface area contributed by atoms with E-state index in [0.29, 0.717) is 16.4 Å². The van der Waals surface area contributed by atoms with Crippen LogP contribution >= 0.6 is 11.6 Å². The van der Waals surface area contributed by atoms with Crippen molar-refractivity contribution in [1.29, 1.82) is 5.26 Å². The van der Waals surface area contributed by atoms with Crippen molar-refractivity contribution >= 4 is 11.6 Å². The van der Waals surface area contributed by atoms with E-state index >= 15 is 0 Å². The third-order valence-corrected chi connectivity index (χ3v) is 2.28. The minimum absolute atomic E-state index is 0.435. The van der Waals surface area contributed by atoms with Gasteiger partial charge in [-0.3, -0.25) is 0 Å². The normalized spacial score (nSPS) is 9.71. The van der Waals surface area contributed by atoms with Crippen molar-refractivity contribution in [2.75, 3.05) is 0 Å². The van der Waals surface area contributed by atoms with Crippen LogP contribution in [0.1, 0.15) is 5.56 Å². The van der Waals surface area contributed by atoms with Crippen molar-refractivity contribution in [1.82, 2.24) is 9.97 Å². The zero-order valence-electron chi connectivity index (χ0n) is 7.16. The van der Waals surface area contributed by atoms with Crippen molar-refractivity contribution in [3.63, 3.8) is 0 Å². The highest BCUT2D eigenvalue weighted by atomic mass is 35.5. The van der Waals surface area contributed by atoms with Gasteiger partial charge in [0, 0.05) is 18.0 Å². The Balaban J connectivity index is 2.61. The van der Waals surface area contributed by atoms with Crippen LogP contribution in [-0.2, 0) is 0 Å². The molecule has 0 saturated heterocycles. The molecule has 0 spiro atoms. The monoisotopic (exact) mass is 203 g/mol. The van der Waals surface area contributed by atoms with Crippen molar-refractivity contribution < 1.29 is 0 Å². The Kier molecular flexibility index (Phi) is 2.21. The molecule has 0 atom stereocenters. The number of nitrogens with zero attached hydrogens (tertiary/aromatic N) is 2. The number of hydrogen-bond acceptors (Lipinski definition) is 2. The number of rotatable bonds is 1. The van der Waals surface area contributed by atoms with Gasteiger partial charge in [0.05, 0.1) is 10.6 Å². The highest BCUT2D eigenvalue weighted by molar-refractivity contribution is 6.34. The number of H-pyrrole nitrogens is 1. The summed E-state index contributed by atoms with van der Waals surface area (Å²) in [6.07, 6.45) is 3.36. The molecule has 0 radical (unpaired) electrons. The highest BCUT2D eigenvalue weighted by Gasteiger charge is 2.08. The lowest BCUT2D eigenvalue weighted by atomic mass is 10.1. The van der Waals surface area contributed by atoms with Gasteiger partial charge in [-0.25, -0.2) is 4.98 Å². The van der Waals surface area contributed by atoms with Crippen LogP contribution in [0.25, 0.3) is 11.4 Å². The van der Waals surface area contributed by atoms with E-state index in [1.807, 2.05) is 12.1 Å². The smallest absolute Gasteiger partial charge is 0.138 e. The third kappa shape index (κ3) is 1.36. The van der Waals surface area contributed by atoms with Crippen LogP contribution in [0.15, 0.2) is 30.6 Å². The first-order valence-corrected chi connectivity index (χ1v) is 4.39. The molecule has 0 unspecified atom stereocenters. The molecule has 2 aromatic rings. The van der Waals surface area contributed by atoms with Gasteiger partial charge in [0.15, 0.2) is 0 Å². The fourth-order valence-electron chi connectivity index (χ4n) is 1.21. The van der Waals surface area contributed by atoms with Gasteiger partial charge in [0.1, 0.15) is 11.9 Å². The molecule has 2 rings (SSSR count). The van der Waals surface area contributed by atoms with E-state index in [0.717, 1.165) is 5.56 Å². The lowest BCUT2D eigenvalue weighted by molar-refractivity contribution is 1.31. The number of nitriles is 1. The average molecular weight is 204 g/mol. The Morgan fingerprint density at radius 3 is 2.93 bits per heavy atom. The Labute approximate surface area is 86.0 Å². The van der Waals surface area contributed by atoms with Crippen LogP contribution in [0.5, 0.6) is 0 Å². The van der Waals surface area contributed by atoms with Crippen molar-refractivity contribution in [2.45, 2.75) is 0 Å². The summed E-state index contributed by atoms with van der Waals surface area (Å²) in [5, 5.41) is 9.21. The lowest BCUT2D eigenvalue weighted by Gasteiger charge is -2.01. The molecule has 0 saturated carbocycles. The molecular weight excluding hydrogens is 198 g/mol. The van der Waals surface area contributed by atoms with Crippen LogP contribution < -0.4 is 0 Å². The summed E-state index contributed by atoms with van der Waals surface area (Å²) in [5.41, 5.74) is 1.20. The van der Waals surface area contributed by atoms with Crippen molar-refractivity contribution in [2.24, 2.45) is 0 Å². The quantitative estimate of drug-likeness (QED) is 0.775. The largest absolute Gasteiger partial charge is 0.345 e. The van der Waals surface area contributed by atoms with Crippen LogP contribution in [0.3, 0.4) is 0 Å². The number of aromatic nitrogens is 2. The van der Waals surface area contributed by atoms with E-state index in [9.17, 15) is 0 Å². The van der Waals surface area contributed by atoms with Gasteiger partial charge in [-0.05, 0) is 12.1 Å². The molecule has 68 valence electrons. The average Bonchev–Trinajstić information content (AvgIpc) is 2.71. The van der Waals surface area contributed by atoms with Crippen LogP contribution in [-0.4, -0.2) is 9.97 Å². The van der Waals surface area contributed by atoms with E-state index in [1.54, 1.807) is 24.5 Å². The molecule has 0 aliphatic heterocycles. The van der Waals surface area contributed by atoms with E-state index < -0.39 is 0 Å². The molecule has 1 heterocycles. The Bertz CT molecular complexity index is 483. The van der Waals surface area contributed by atoms with Gasteiger partial charge in [-0.15, -0.1) is 0 Å². The molecule has 14 heavy (non-hydrogen) atoms. The zero-order valence-corrected chi connectivity index (χ0v) is 7.92. The number of imidazole rings is 1. The molecule has 4 heteroatoms. The van der Waals surface area contributed by atoms with E-state index in [-0.39, 0.29) is 0 Å². The van der Waals surface area contributed by atoms with Crippen molar-refractivity contribution in [3.8, 4) is 17.5 Å². The molecule has 0 aliphatic carbocycles. The number of aromatic amines is 1. The maximum atomic E-state index is 8.78. The summed E-state index contributed by atoms with van der Waals surface area (Å²) in [7, 11) is 0. The molecule has 1 N–H and O–H groups in total. The van der Waals surface area contributed by atoms with Crippen LogP contribution in [0.2, 0.25) is 5.02 Å². The van der Waals surface area contributed by atoms with E-state index in [4.69, 9.17) is 16.9 Å². The minimum Gasteiger partial charge on any atom is -0.345 e. The van der Waals surface area contributed by atoms with E-state index in [2.05, 4.69) is 9.97 Å². The Morgan fingerprint density at radius 2 is 2.29 bits per heavy atom. The summed E-state index contributed by atoms with van der Waals surface area (Å²) < 4.78 is 0. The standard InChI is InChI=1S/C10H6ClN3/c11-9-7(6-12)2-1-3-8(9)10-13-4-5-14-10/h1-5H,(H,13,14). The summed E-state index contributed by atoms with van der Waals surface area (Å²) in [6, 6.07) is 7.30. The molecular formula is C10H6ClN3. The SMILES string of the molecule is N#Cc1cccc(-c2ncc[nH]2)c1Cl. The van der Waals surface area contributed by atoms with Crippen molar-refractivity contribution in [3.05, 3.63) is 41.2 Å². The van der Waals surface area contributed by atoms with Gasteiger partial charge in [0.25, 0.3) is 0 Å². The molecule has 1 aromatic carbocycles. The second-order valence-electron chi connectivity index (χ2n) is 2.72. The van der Waals surface area contributed by atoms with Gasteiger partial charge >= 0.3 is 0 Å². The lowest BCUT2D eigenvalue weighted by Crippen LogP contribution is -1.85. The molecule has 1 aromatic heterocycles. The highest BCUT2D eigenvalue weighted by Crippen LogP contribution is 2.27. The zero-order chi connectivity index (χ0) is 9.97. The first-order valence-electron chi connectivity index (χ1n) is 4.01. The maximum Gasteiger partial charge on any atom is 0.138 e. The predicted molar refractivity (Wildman–Crippen MR) is 53.7 cm³/mol. The van der Waals surface area contributed by atoms with Gasteiger partial charge in [-0.2, -0.15) is 5.26 Å². The number of benzene rings is 1. The summed E-state index contributed by atoms with van der Waals surface area (Å²) in [5.74, 6) is 0.673. The summed E-state index contributed by atoms with van der Waals surface area (Å²) >= 11 is 6.02. The van der Waals surface area contributed by atoms with Gasteiger partial charge in [-0.1, -0.05) is 17.7 Å². The second kappa shape index (κ2) is 3.52. The fraction of sp³-hybridized carbons (Fsp3) is 0.